The van der Waals surface area contributed by atoms with Crippen molar-refractivity contribution in [2.75, 3.05) is 27.4 Å². The fourth-order valence-corrected chi connectivity index (χ4v) is 1.47. The van der Waals surface area contributed by atoms with E-state index in [0.29, 0.717) is 24.5 Å². The second-order valence-electron chi connectivity index (χ2n) is 2.97. The Balaban J connectivity index is 2.85. The van der Waals surface area contributed by atoms with Gasteiger partial charge in [-0.05, 0) is 18.2 Å². The van der Waals surface area contributed by atoms with Crippen molar-refractivity contribution >= 4 is 21.9 Å². The molecule has 0 atom stereocenters. The molecule has 0 fully saturated rings. The summed E-state index contributed by atoms with van der Waals surface area (Å²) < 4.78 is 15.8. The fourth-order valence-electron chi connectivity index (χ4n) is 1.13. The van der Waals surface area contributed by atoms with E-state index >= 15 is 0 Å². The monoisotopic (exact) mass is 288 g/mol. The first-order valence-corrected chi connectivity index (χ1v) is 5.48. The second-order valence-corrected chi connectivity index (χ2v) is 3.89. The normalized spacial score (nSPS) is 9.94. The van der Waals surface area contributed by atoms with Gasteiger partial charge in [0, 0.05) is 11.6 Å². The SMILES string of the molecule is COCCOc1cc(Br)ccc1C(=O)OC. The molecule has 5 heteroatoms. The Kier molecular flexibility index (Phi) is 5.28. The third-order valence-electron chi connectivity index (χ3n) is 1.89. The molecule has 0 aromatic heterocycles. The summed E-state index contributed by atoms with van der Waals surface area (Å²) in [4.78, 5) is 11.4. The zero-order valence-electron chi connectivity index (χ0n) is 9.16. The lowest BCUT2D eigenvalue weighted by molar-refractivity contribution is 0.0594. The van der Waals surface area contributed by atoms with Crippen molar-refractivity contribution in [2.45, 2.75) is 0 Å². The highest BCUT2D eigenvalue weighted by molar-refractivity contribution is 9.10. The molecule has 16 heavy (non-hydrogen) atoms. The molecule has 1 aromatic carbocycles. The summed E-state index contributed by atoms with van der Waals surface area (Å²) in [5.74, 6) is 0.0678. The van der Waals surface area contributed by atoms with Crippen molar-refractivity contribution in [3.63, 3.8) is 0 Å². The molecule has 0 aliphatic carbocycles. The van der Waals surface area contributed by atoms with Gasteiger partial charge in [0.1, 0.15) is 17.9 Å². The molecule has 0 aliphatic rings. The third-order valence-corrected chi connectivity index (χ3v) is 2.39. The minimum atomic E-state index is -0.417. The van der Waals surface area contributed by atoms with Gasteiger partial charge in [-0.3, -0.25) is 0 Å². The lowest BCUT2D eigenvalue weighted by Gasteiger charge is -2.10. The predicted molar refractivity (Wildman–Crippen MR) is 62.9 cm³/mol. The number of carbonyl (C=O) groups is 1. The Morgan fingerprint density at radius 1 is 1.31 bits per heavy atom. The van der Waals surface area contributed by atoms with Crippen LogP contribution >= 0.6 is 15.9 Å². The van der Waals surface area contributed by atoms with Crippen molar-refractivity contribution < 1.29 is 19.0 Å². The maximum absolute atomic E-state index is 11.4. The summed E-state index contributed by atoms with van der Waals surface area (Å²) >= 11 is 3.31. The van der Waals surface area contributed by atoms with Crippen LogP contribution in [0.1, 0.15) is 10.4 Å². The number of benzene rings is 1. The molecule has 0 amide bonds. The van der Waals surface area contributed by atoms with Gasteiger partial charge in [0.25, 0.3) is 0 Å². The predicted octanol–water partition coefficient (Wildman–Crippen LogP) is 2.26. The highest BCUT2D eigenvalue weighted by Crippen LogP contribution is 2.24. The smallest absolute Gasteiger partial charge is 0.341 e. The molecule has 0 N–H and O–H groups in total. The third kappa shape index (κ3) is 3.50. The molecule has 0 bridgehead atoms. The van der Waals surface area contributed by atoms with Gasteiger partial charge in [-0.1, -0.05) is 15.9 Å². The Labute approximate surface area is 103 Å². The molecule has 0 unspecified atom stereocenters. The number of rotatable bonds is 5. The molecule has 0 heterocycles. The Morgan fingerprint density at radius 3 is 2.69 bits per heavy atom. The quantitative estimate of drug-likeness (QED) is 0.616. The van der Waals surface area contributed by atoms with Crippen LogP contribution in [0.5, 0.6) is 5.75 Å². The van der Waals surface area contributed by atoms with Crippen LogP contribution in [0.15, 0.2) is 22.7 Å². The zero-order chi connectivity index (χ0) is 12.0. The van der Waals surface area contributed by atoms with Crippen LogP contribution in [-0.4, -0.2) is 33.4 Å². The van der Waals surface area contributed by atoms with E-state index in [0.717, 1.165) is 4.47 Å². The van der Waals surface area contributed by atoms with Crippen LogP contribution < -0.4 is 4.74 Å². The van der Waals surface area contributed by atoms with Crippen molar-refractivity contribution in [2.24, 2.45) is 0 Å². The molecule has 88 valence electrons. The summed E-state index contributed by atoms with van der Waals surface area (Å²) in [6, 6.07) is 5.13. The number of methoxy groups -OCH3 is 2. The molecule has 0 saturated heterocycles. The standard InChI is InChI=1S/C11H13BrO4/c1-14-5-6-16-10-7-8(12)3-4-9(10)11(13)15-2/h3-4,7H,5-6H2,1-2H3. The first-order chi connectivity index (χ1) is 7.69. The van der Waals surface area contributed by atoms with E-state index in [1.54, 1.807) is 25.3 Å². The van der Waals surface area contributed by atoms with Crippen LogP contribution in [0, 0.1) is 0 Å². The molecular formula is C11H13BrO4. The first-order valence-electron chi connectivity index (χ1n) is 4.68. The summed E-state index contributed by atoms with van der Waals surface area (Å²) in [6.07, 6.45) is 0. The first kappa shape index (κ1) is 13.0. The average Bonchev–Trinajstić information content (AvgIpc) is 2.29. The lowest BCUT2D eigenvalue weighted by Crippen LogP contribution is -2.09. The summed E-state index contributed by atoms with van der Waals surface area (Å²) in [6.45, 7) is 0.851. The summed E-state index contributed by atoms with van der Waals surface area (Å²) in [7, 11) is 2.93. The highest BCUT2D eigenvalue weighted by atomic mass is 79.9. The van der Waals surface area contributed by atoms with Gasteiger partial charge in [0.15, 0.2) is 0 Å². The molecule has 0 aliphatic heterocycles. The number of esters is 1. The molecule has 4 nitrogen and oxygen atoms in total. The van der Waals surface area contributed by atoms with Crippen LogP contribution in [0.25, 0.3) is 0 Å². The lowest BCUT2D eigenvalue weighted by atomic mass is 10.2. The van der Waals surface area contributed by atoms with Gasteiger partial charge >= 0.3 is 5.97 Å². The topological polar surface area (TPSA) is 44.8 Å². The van der Waals surface area contributed by atoms with E-state index < -0.39 is 5.97 Å². The van der Waals surface area contributed by atoms with Crippen LogP contribution in [0.2, 0.25) is 0 Å². The van der Waals surface area contributed by atoms with Gasteiger partial charge in [0.2, 0.25) is 0 Å². The van der Waals surface area contributed by atoms with E-state index in [4.69, 9.17) is 9.47 Å². The van der Waals surface area contributed by atoms with E-state index in [9.17, 15) is 4.79 Å². The van der Waals surface area contributed by atoms with Crippen molar-refractivity contribution in [1.29, 1.82) is 0 Å². The largest absolute Gasteiger partial charge is 0.490 e. The average molecular weight is 289 g/mol. The van der Waals surface area contributed by atoms with Crippen molar-refractivity contribution in [1.82, 2.24) is 0 Å². The molecular weight excluding hydrogens is 276 g/mol. The number of hydrogen-bond acceptors (Lipinski definition) is 4. The van der Waals surface area contributed by atoms with E-state index in [1.807, 2.05) is 0 Å². The van der Waals surface area contributed by atoms with Crippen molar-refractivity contribution in [3.05, 3.63) is 28.2 Å². The molecule has 0 saturated carbocycles. The molecule has 1 aromatic rings. The fraction of sp³-hybridized carbons (Fsp3) is 0.364. The van der Waals surface area contributed by atoms with E-state index in [2.05, 4.69) is 20.7 Å². The van der Waals surface area contributed by atoms with Crippen LogP contribution in [-0.2, 0) is 9.47 Å². The summed E-state index contributed by atoms with van der Waals surface area (Å²) in [5, 5.41) is 0. The zero-order valence-corrected chi connectivity index (χ0v) is 10.7. The van der Waals surface area contributed by atoms with Gasteiger partial charge in [-0.2, -0.15) is 0 Å². The van der Waals surface area contributed by atoms with E-state index in [1.165, 1.54) is 7.11 Å². The highest BCUT2D eigenvalue weighted by Gasteiger charge is 2.13. The number of ether oxygens (including phenoxy) is 3. The maximum atomic E-state index is 11.4. The van der Waals surface area contributed by atoms with Crippen LogP contribution in [0.3, 0.4) is 0 Å². The Morgan fingerprint density at radius 2 is 2.06 bits per heavy atom. The Hall–Kier alpha value is -1.07. The molecule has 0 radical (unpaired) electrons. The minimum Gasteiger partial charge on any atom is -0.490 e. The maximum Gasteiger partial charge on any atom is 0.341 e. The molecule has 0 spiro atoms. The number of carbonyl (C=O) groups excluding carboxylic acids is 1. The van der Waals surface area contributed by atoms with E-state index in [-0.39, 0.29) is 0 Å². The number of hydrogen-bond donors (Lipinski definition) is 0. The van der Waals surface area contributed by atoms with Crippen LogP contribution in [0.4, 0.5) is 0 Å². The summed E-state index contributed by atoms with van der Waals surface area (Å²) in [5.41, 5.74) is 0.404. The van der Waals surface area contributed by atoms with Gasteiger partial charge in [-0.25, -0.2) is 4.79 Å². The number of halogens is 1. The minimum absolute atomic E-state index is 0.386. The van der Waals surface area contributed by atoms with Crippen molar-refractivity contribution in [3.8, 4) is 5.75 Å². The second kappa shape index (κ2) is 6.50. The van der Waals surface area contributed by atoms with Gasteiger partial charge in [0.05, 0.1) is 13.7 Å². The Bertz CT molecular complexity index is 365. The van der Waals surface area contributed by atoms with Gasteiger partial charge < -0.3 is 14.2 Å². The van der Waals surface area contributed by atoms with Gasteiger partial charge in [-0.15, -0.1) is 0 Å². The molecule has 1 rings (SSSR count).